The first-order valence-electron chi connectivity index (χ1n) is 5.50. The zero-order valence-electron chi connectivity index (χ0n) is 9.68. The minimum Gasteiger partial charge on any atom is -0.419 e. The van der Waals surface area contributed by atoms with Gasteiger partial charge in [-0.25, -0.2) is 0 Å². The van der Waals surface area contributed by atoms with Gasteiger partial charge >= 0.3 is 0 Å². The molecule has 2 rings (SSSR count). The number of aromatic nitrogens is 2. The summed E-state index contributed by atoms with van der Waals surface area (Å²) in [5.41, 5.74) is 2.08. The second kappa shape index (κ2) is 5.56. The molecule has 0 unspecified atom stereocenters. The molecule has 2 aromatic rings. The van der Waals surface area contributed by atoms with Crippen LogP contribution in [-0.4, -0.2) is 28.5 Å². The van der Waals surface area contributed by atoms with E-state index in [-0.39, 0.29) is 6.61 Å². The summed E-state index contributed by atoms with van der Waals surface area (Å²) in [6.45, 7) is 3.10. The van der Waals surface area contributed by atoms with E-state index in [9.17, 15) is 0 Å². The third-order valence-corrected chi connectivity index (χ3v) is 2.30. The molecule has 0 spiro atoms. The maximum Gasteiger partial charge on any atom is 0.247 e. The summed E-state index contributed by atoms with van der Waals surface area (Å²) < 4.78 is 5.50. The minimum atomic E-state index is 0.0961. The minimum absolute atomic E-state index is 0.0961. The Morgan fingerprint density at radius 2 is 2.24 bits per heavy atom. The van der Waals surface area contributed by atoms with Crippen molar-refractivity contribution in [1.29, 1.82) is 0 Å². The lowest BCUT2D eigenvalue weighted by Gasteiger charge is -1.97. The first kappa shape index (κ1) is 11.8. The highest BCUT2D eigenvalue weighted by Gasteiger charge is 2.07. The van der Waals surface area contributed by atoms with E-state index in [2.05, 4.69) is 15.5 Å². The molecule has 0 aliphatic carbocycles. The molecule has 2 N–H and O–H groups in total. The second-order valence-corrected chi connectivity index (χ2v) is 3.77. The zero-order chi connectivity index (χ0) is 12.1. The SMILES string of the molecule is Cc1cccc(-c2nnc(CNCCO)o2)c1. The molecule has 1 aromatic carbocycles. The Morgan fingerprint density at radius 1 is 1.35 bits per heavy atom. The van der Waals surface area contributed by atoms with Crippen molar-refractivity contribution in [3.05, 3.63) is 35.7 Å². The molecule has 90 valence electrons. The molecule has 0 amide bonds. The highest BCUT2D eigenvalue weighted by Crippen LogP contribution is 2.18. The predicted octanol–water partition coefficient (Wildman–Crippen LogP) is 1.13. The largest absolute Gasteiger partial charge is 0.419 e. The average Bonchev–Trinajstić information content (AvgIpc) is 2.78. The van der Waals surface area contributed by atoms with Gasteiger partial charge in [0, 0.05) is 12.1 Å². The maximum atomic E-state index is 8.63. The molecule has 0 fully saturated rings. The van der Waals surface area contributed by atoms with Crippen molar-refractivity contribution in [1.82, 2.24) is 15.5 Å². The summed E-state index contributed by atoms with van der Waals surface area (Å²) in [4.78, 5) is 0. The quantitative estimate of drug-likeness (QED) is 0.757. The highest BCUT2D eigenvalue weighted by atomic mass is 16.4. The van der Waals surface area contributed by atoms with Crippen LogP contribution in [0.4, 0.5) is 0 Å². The summed E-state index contributed by atoms with van der Waals surface area (Å²) >= 11 is 0. The first-order valence-corrected chi connectivity index (χ1v) is 5.50. The lowest BCUT2D eigenvalue weighted by atomic mass is 10.1. The summed E-state index contributed by atoms with van der Waals surface area (Å²) in [7, 11) is 0. The van der Waals surface area contributed by atoms with Crippen molar-refractivity contribution in [3.8, 4) is 11.5 Å². The third-order valence-electron chi connectivity index (χ3n) is 2.30. The zero-order valence-corrected chi connectivity index (χ0v) is 9.68. The molecule has 0 saturated heterocycles. The van der Waals surface area contributed by atoms with Crippen LogP contribution in [0.1, 0.15) is 11.5 Å². The number of nitrogens with zero attached hydrogens (tertiary/aromatic N) is 2. The van der Waals surface area contributed by atoms with Crippen molar-refractivity contribution >= 4 is 0 Å². The lowest BCUT2D eigenvalue weighted by molar-refractivity contribution is 0.289. The van der Waals surface area contributed by atoms with E-state index in [1.54, 1.807) is 0 Å². The van der Waals surface area contributed by atoms with E-state index < -0.39 is 0 Å². The molecular formula is C12H15N3O2. The van der Waals surface area contributed by atoms with Crippen molar-refractivity contribution < 1.29 is 9.52 Å². The van der Waals surface area contributed by atoms with E-state index in [1.165, 1.54) is 0 Å². The van der Waals surface area contributed by atoms with Gasteiger partial charge in [0.1, 0.15) is 0 Å². The fourth-order valence-corrected chi connectivity index (χ4v) is 1.49. The van der Waals surface area contributed by atoms with Gasteiger partial charge in [-0.3, -0.25) is 0 Å². The normalized spacial score (nSPS) is 10.7. The number of rotatable bonds is 5. The van der Waals surface area contributed by atoms with Crippen molar-refractivity contribution in [2.45, 2.75) is 13.5 Å². The summed E-state index contributed by atoms with van der Waals surface area (Å²) in [5.74, 6) is 1.05. The van der Waals surface area contributed by atoms with Gasteiger partial charge in [-0.15, -0.1) is 10.2 Å². The van der Waals surface area contributed by atoms with Crippen molar-refractivity contribution in [2.75, 3.05) is 13.2 Å². The Morgan fingerprint density at radius 3 is 3.00 bits per heavy atom. The number of aliphatic hydroxyl groups is 1. The van der Waals surface area contributed by atoms with Crippen LogP contribution in [0.25, 0.3) is 11.5 Å². The molecule has 0 atom stereocenters. The molecule has 0 aliphatic heterocycles. The summed E-state index contributed by atoms with van der Waals surface area (Å²) in [6.07, 6.45) is 0. The fourth-order valence-electron chi connectivity index (χ4n) is 1.49. The van der Waals surface area contributed by atoms with Gasteiger partial charge in [-0.05, 0) is 19.1 Å². The van der Waals surface area contributed by atoms with E-state index in [4.69, 9.17) is 9.52 Å². The van der Waals surface area contributed by atoms with Crippen molar-refractivity contribution in [2.24, 2.45) is 0 Å². The number of benzene rings is 1. The van der Waals surface area contributed by atoms with Crippen LogP contribution < -0.4 is 5.32 Å². The molecular weight excluding hydrogens is 218 g/mol. The number of aryl methyl sites for hydroxylation is 1. The monoisotopic (exact) mass is 233 g/mol. The fraction of sp³-hybridized carbons (Fsp3) is 0.333. The van der Waals surface area contributed by atoms with Gasteiger partial charge in [0.25, 0.3) is 0 Å². The molecule has 0 radical (unpaired) electrons. The molecule has 17 heavy (non-hydrogen) atoms. The van der Waals surface area contributed by atoms with Crippen LogP contribution in [0, 0.1) is 6.92 Å². The predicted molar refractivity (Wildman–Crippen MR) is 63.3 cm³/mol. The Bertz CT molecular complexity index is 482. The van der Waals surface area contributed by atoms with Gasteiger partial charge in [-0.2, -0.15) is 0 Å². The van der Waals surface area contributed by atoms with Crippen LogP contribution in [0.5, 0.6) is 0 Å². The molecule has 0 aliphatic rings. The number of nitrogens with one attached hydrogen (secondary N) is 1. The Kier molecular flexibility index (Phi) is 3.85. The Labute approximate surface area is 99.5 Å². The molecule has 5 heteroatoms. The van der Waals surface area contributed by atoms with Crippen LogP contribution in [0.2, 0.25) is 0 Å². The molecule has 5 nitrogen and oxygen atoms in total. The van der Waals surface area contributed by atoms with Crippen LogP contribution >= 0.6 is 0 Å². The third kappa shape index (κ3) is 3.12. The van der Waals surface area contributed by atoms with E-state index in [1.807, 2.05) is 31.2 Å². The Hall–Kier alpha value is -1.72. The maximum absolute atomic E-state index is 8.63. The summed E-state index contributed by atoms with van der Waals surface area (Å²) in [5, 5.41) is 19.5. The van der Waals surface area contributed by atoms with Crippen molar-refractivity contribution in [3.63, 3.8) is 0 Å². The Balaban J connectivity index is 2.07. The van der Waals surface area contributed by atoms with Crippen LogP contribution in [-0.2, 0) is 6.54 Å². The highest BCUT2D eigenvalue weighted by molar-refractivity contribution is 5.53. The summed E-state index contributed by atoms with van der Waals surface area (Å²) in [6, 6.07) is 7.91. The van der Waals surface area contributed by atoms with Crippen LogP contribution in [0.15, 0.2) is 28.7 Å². The van der Waals surface area contributed by atoms with Crippen LogP contribution in [0.3, 0.4) is 0 Å². The number of hydrogen-bond donors (Lipinski definition) is 2. The van der Waals surface area contributed by atoms with E-state index >= 15 is 0 Å². The van der Waals surface area contributed by atoms with Gasteiger partial charge in [-0.1, -0.05) is 17.7 Å². The molecule has 0 saturated carbocycles. The molecule has 1 heterocycles. The average molecular weight is 233 g/mol. The first-order chi connectivity index (χ1) is 8.29. The molecule has 1 aromatic heterocycles. The second-order valence-electron chi connectivity index (χ2n) is 3.77. The van der Waals surface area contributed by atoms with Gasteiger partial charge in [0.05, 0.1) is 13.2 Å². The standard InChI is InChI=1S/C12H15N3O2/c1-9-3-2-4-10(7-9)12-15-14-11(17-12)8-13-5-6-16/h2-4,7,13,16H,5-6,8H2,1H3. The smallest absolute Gasteiger partial charge is 0.247 e. The molecule has 0 bridgehead atoms. The van der Waals surface area contributed by atoms with Gasteiger partial charge < -0.3 is 14.8 Å². The van der Waals surface area contributed by atoms with Gasteiger partial charge in [0.15, 0.2) is 0 Å². The number of hydrogen-bond acceptors (Lipinski definition) is 5. The topological polar surface area (TPSA) is 71.2 Å². The number of aliphatic hydroxyl groups excluding tert-OH is 1. The lowest BCUT2D eigenvalue weighted by Crippen LogP contribution is -2.17. The van der Waals surface area contributed by atoms with Gasteiger partial charge in [0.2, 0.25) is 11.8 Å². The van der Waals surface area contributed by atoms with E-state index in [0.717, 1.165) is 11.1 Å². The van der Waals surface area contributed by atoms with E-state index in [0.29, 0.717) is 24.9 Å².